The Hall–Kier alpha value is -1.18. The Labute approximate surface area is 136 Å². The van der Waals surface area contributed by atoms with E-state index in [1.165, 1.54) is 0 Å². The van der Waals surface area contributed by atoms with Crippen molar-refractivity contribution in [1.82, 2.24) is 10.6 Å². The minimum atomic E-state index is -1.12. The molecule has 1 aliphatic heterocycles. The molecule has 2 amide bonds. The van der Waals surface area contributed by atoms with Crippen molar-refractivity contribution < 1.29 is 24.5 Å². The summed E-state index contributed by atoms with van der Waals surface area (Å²) < 4.78 is 5.58. The number of carbonyl (C=O) groups excluding carboxylic acids is 2. The monoisotopic (exact) mass is 328 g/mol. The second kappa shape index (κ2) is 8.08. The van der Waals surface area contributed by atoms with Gasteiger partial charge in [0.25, 0.3) is 0 Å². The van der Waals surface area contributed by atoms with Crippen LogP contribution >= 0.6 is 0 Å². The summed E-state index contributed by atoms with van der Waals surface area (Å²) in [5.41, 5.74) is 0. The Morgan fingerprint density at radius 1 is 1.13 bits per heavy atom. The first kappa shape index (κ1) is 18.2. The first-order valence-corrected chi connectivity index (χ1v) is 8.54. The molecule has 0 aromatic rings. The molecular weight excluding hydrogens is 300 g/mol. The second-order valence-electron chi connectivity index (χ2n) is 6.50. The minimum Gasteiger partial charge on any atom is -0.388 e. The summed E-state index contributed by atoms with van der Waals surface area (Å²) >= 11 is 0. The van der Waals surface area contributed by atoms with E-state index in [4.69, 9.17) is 4.74 Å². The van der Waals surface area contributed by atoms with Crippen LogP contribution in [0.3, 0.4) is 0 Å². The third-order valence-corrected chi connectivity index (χ3v) is 4.62. The fraction of sp³-hybridized carbons (Fsp3) is 0.875. The van der Waals surface area contributed by atoms with Crippen molar-refractivity contribution in [1.29, 1.82) is 0 Å². The van der Waals surface area contributed by atoms with Crippen LogP contribution in [0.25, 0.3) is 0 Å². The highest BCUT2D eigenvalue weighted by molar-refractivity contribution is 5.78. The van der Waals surface area contributed by atoms with Gasteiger partial charge in [-0.15, -0.1) is 0 Å². The van der Waals surface area contributed by atoms with E-state index in [-0.39, 0.29) is 36.7 Å². The largest absolute Gasteiger partial charge is 0.388 e. The van der Waals surface area contributed by atoms with Crippen LogP contribution in [0.15, 0.2) is 0 Å². The maximum atomic E-state index is 12.0. The van der Waals surface area contributed by atoms with Gasteiger partial charge in [-0.05, 0) is 25.7 Å². The zero-order valence-corrected chi connectivity index (χ0v) is 13.8. The average molecular weight is 328 g/mol. The molecule has 23 heavy (non-hydrogen) atoms. The van der Waals surface area contributed by atoms with E-state index in [2.05, 4.69) is 10.6 Å². The lowest BCUT2D eigenvalue weighted by Crippen LogP contribution is -2.41. The van der Waals surface area contributed by atoms with Gasteiger partial charge in [-0.25, -0.2) is 0 Å². The molecule has 7 heteroatoms. The Bertz CT molecular complexity index is 423. The van der Waals surface area contributed by atoms with Gasteiger partial charge in [0.2, 0.25) is 11.8 Å². The van der Waals surface area contributed by atoms with Crippen molar-refractivity contribution in [2.75, 3.05) is 6.54 Å². The number of nitrogens with one attached hydrogen (secondary N) is 2. The average Bonchev–Trinajstić information content (AvgIpc) is 3.29. The zero-order chi connectivity index (χ0) is 17.0. The molecule has 0 radical (unpaired) electrons. The van der Waals surface area contributed by atoms with Crippen LogP contribution in [0.2, 0.25) is 0 Å². The van der Waals surface area contributed by atoms with E-state index in [0.717, 1.165) is 25.7 Å². The predicted octanol–water partition coefficient (Wildman–Crippen LogP) is -0.303. The van der Waals surface area contributed by atoms with Gasteiger partial charge in [0, 0.05) is 18.5 Å². The zero-order valence-electron chi connectivity index (χ0n) is 13.8. The second-order valence-corrected chi connectivity index (χ2v) is 6.50. The molecule has 0 bridgehead atoms. The molecule has 2 rings (SSSR count). The summed E-state index contributed by atoms with van der Waals surface area (Å²) in [4.78, 5) is 23.8. The standard InChI is InChI=1S/C16H28N2O5/c1-3-9(4-2)16(22)17-8-12-15(21)14(20)11(23-12)7-13(19)18-10-5-6-10/h9-12,14-15,20-21H,3-8H2,1-2H3,(H,17,22)(H,18,19). The maximum Gasteiger partial charge on any atom is 0.223 e. The van der Waals surface area contributed by atoms with Crippen LogP contribution in [0, 0.1) is 5.92 Å². The summed E-state index contributed by atoms with van der Waals surface area (Å²) in [6, 6.07) is 0.251. The van der Waals surface area contributed by atoms with E-state index in [9.17, 15) is 19.8 Å². The number of hydrogen-bond acceptors (Lipinski definition) is 5. The lowest BCUT2D eigenvalue weighted by atomic mass is 10.0. The first-order chi connectivity index (χ1) is 11.0. The molecule has 4 atom stereocenters. The molecule has 2 aliphatic rings. The van der Waals surface area contributed by atoms with Crippen molar-refractivity contribution in [2.24, 2.45) is 5.92 Å². The summed E-state index contributed by atoms with van der Waals surface area (Å²) in [6.45, 7) is 4.04. The molecule has 4 N–H and O–H groups in total. The number of hydrogen-bond donors (Lipinski definition) is 4. The highest BCUT2D eigenvalue weighted by Gasteiger charge is 2.43. The van der Waals surface area contributed by atoms with Crippen LogP contribution in [-0.4, -0.2) is 59.0 Å². The smallest absolute Gasteiger partial charge is 0.223 e. The number of aliphatic hydroxyl groups excluding tert-OH is 2. The molecule has 1 heterocycles. The van der Waals surface area contributed by atoms with Crippen LogP contribution in [0.1, 0.15) is 46.0 Å². The molecule has 1 aliphatic carbocycles. The maximum absolute atomic E-state index is 12.0. The van der Waals surface area contributed by atoms with Crippen LogP contribution in [0.5, 0.6) is 0 Å². The number of carbonyl (C=O) groups is 2. The lowest BCUT2D eigenvalue weighted by molar-refractivity contribution is -0.127. The molecule has 132 valence electrons. The van der Waals surface area contributed by atoms with Crippen LogP contribution in [0.4, 0.5) is 0 Å². The Kier molecular flexibility index (Phi) is 6.38. The normalized spacial score (nSPS) is 30.5. The van der Waals surface area contributed by atoms with Crippen LogP contribution in [-0.2, 0) is 14.3 Å². The summed E-state index contributed by atoms with van der Waals surface area (Å²) in [6.07, 6.45) is -0.135. The van der Waals surface area contributed by atoms with Crippen molar-refractivity contribution >= 4 is 11.8 Å². The Balaban J connectivity index is 1.79. The van der Waals surface area contributed by atoms with Gasteiger partial charge in [-0.3, -0.25) is 9.59 Å². The van der Waals surface area contributed by atoms with Crippen molar-refractivity contribution in [3.8, 4) is 0 Å². The lowest BCUT2D eigenvalue weighted by Gasteiger charge is -2.18. The van der Waals surface area contributed by atoms with E-state index < -0.39 is 24.4 Å². The van der Waals surface area contributed by atoms with Crippen molar-refractivity contribution in [3.63, 3.8) is 0 Å². The number of rotatable bonds is 8. The molecule has 0 aromatic carbocycles. The number of aliphatic hydroxyl groups is 2. The molecule has 0 aromatic heterocycles. The topological polar surface area (TPSA) is 108 Å². The fourth-order valence-electron chi connectivity index (χ4n) is 2.87. The van der Waals surface area contributed by atoms with Gasteiger partial charge in [-0.1, -0.05) is 13.8 Å². The number of ether oxygens (including phenoxy) is 1. The molecule has 7 nitrogen and oxygen atoms in total. The van der Waals surface area contributed by atoms with Gasteiger partial charge in [-0.2, -0.15) is 0 Å². The minimum absolute atomic E-state index is 0.0196. The molecule has 4 unspecified atom stereocenters. The van der Waals surface area contributed by atoms with E-state index in [1.54, 1.807) is 0 Å². The van der Waals surface area contributed by atoms with Crippen molar-refractivity contribution in [2.45, 2.75) is 76.4 Å². The highest BCUT2D eigenvalue weighted by atomic mass is 16.5. The SMILES string of the molecule is CCC(CC)C(=O)NCC1OC(CC(=O)NC2CC2)C(O)C1O. The summed E-state index contributed by atoms with van der Waals surface area (Å²) in [5.74, 6) is -0.306. The fourth-order valence-corrected chi connectivity index (χ4v) is 2.87. The van der Waals surface area contributed by atoms with E-state index in [0.29, 0.717) is 0 Å². The first-order valence-electron chi connectivity index (χ1n) is 8.54. The van der Waals surface area contributed by atoms with Gasteiger partial charge in [0.15, 0.2) is 0 Å². The summed E-state index contributed by atoms with van der Waals surface area (Å²) in [7, 11) is 0. The third-order valence-electron chi connectivity index (χ3n) is 4.62. The molecule has 2 fully saturated rings. The van der Waals surface area contributed by atoms with Gasteiger partial charge < -0.3 is 25.6 Å². The third kappa shape index (κ3) is 4.89. The highest BCUT2D eigenvalue weighted by Crippen LogP contribution is 2.25. The van der Waals surface area contributed by atoms with Gasteiger partial charge in [0.1, 0.15) is 18.3 Å². The van der Waals surface area contributed by atoms with E-state index in [1.807, 2.05) is 13.8 Å². The Morgan fingerprint density at radius 3 is 2.30 bits per heavy atom. The quantitative estimate of drug-likeness (QED) is 0.489. The van der Waals surface area contributed by atoms with Crippen molar-refractivity contribution in [3.05, 3.63) is 0 Å². The molecular formula is C16H28N2O5. The molecule has 0 spiro atoms. The molecule has 1 saturated heterocycles. The number of amides is 2. The summed E-state index contributed by atoms with van der Waals surface area (Å²) in [5, 5.41) is 25.7. The van der Waals surface area contributed by atoms with Crippen LogP contribution < -0.4 is 10.6 Å². The van der Waals surface area contributed by atoms with E-state index >= 15 is 0 Å². The predicted molar refractivity (Wildman–Crippen MR) is 83.5 cm³/mol. The molecule has 1 saturated carbocycles. The Morgan fingerprint density at radius 2 is 1.74 bits per heavy atom. The van der Waals surface area contributed by atoms with Gasteiger partial charge in [0.05, 0.1) is 12.5 Å². The van der Waals surface area contributed by atoms with Gasteiger partial charge >= 0.3 is 0 Å².